The van der Waals surface area contributed by atoms with E-state index >= 15 is 0 Å². The number of rotatable bonds is 7. The SMILES string of the molecule is C[C@@H]1CN(Cc2ccc3[nH]c(C4=CC(NC(=O)c5cnn(Cc6ccccc6)c5)=CCC4=O)cc3c2)C[C@H](C)O1. The quantitative estimate of drug-likeness (QED) is 0.358. The minimum Gasteiger partial charge on any atom is -0.373 e. The molecule has 2 aliphatic rings. The summed E-state index contributed by atoms with van der Waals surface area (Å²) in [4.78, 5) is 31.6. The van der Waals surface area contributed by atoms with Crippen molar-refractivity contribution >= 4 is 28.2 Å². The molecule has 0 unspecified atom stereocenters. The largest absolute Gasteiger partial charge is 0.373 e. The fraction of sp³-hybridized carbons (Fsp3) is 0.281. The Morgan fingerprint density at radius 3 is 2.65 bits per heavy atom. The third-order valence-electron chi connectivity index (χ3n) is 7.33. The average Bonchev–Trinajstić information content (AvgIpc) is 3.57. The summed E-state index contributed by atoms with van der Waals surface area (Å²) in [5.74, 6) is -0.250. The van der Waals surface area contributed by atoms with Gasteiger partial charge in [0.05, 0.1) is 36.2 Å². The predicted octanol–water partition coefficient (Wildman–Crippen LogP) is 4.69. The van der Waals surface area contributed by atoms with Crippen LogP contribution in [0.2, 0.25) is 0 Å². The van der Waals surface area contributed by atoms with Crippen molar-refractivity contribution in [2.75, 3.05) is 13.1 Å². The maximum Gasteiger partial charge on any atom is 0.258 e. The topological polar surface area (TPSA) is 92.3 Å². The molecule has 2 aromatic heterocycles. The lowest BCUT2D eigenvalue weighted by atomic mass is 9.98. The van der Waals surface area contributed by atoms with Gasteiger partial charge in [-0.25, -0.2) is 0 Å². The molecule has 0 bridgehead atoms. The molecular formula is C32H33N5O3. The average molecular weight is 536 g/mol. The molecule has 1 fully saturated rings. The Morgan fingerprint density at radius 1 is 1.05 bits per heavy atom. The lowest BCUT2D eigenvalue weighted by Crippen LogP contribution is -2.44. The van der Waals surface area contributed by atoms with E-state index in [4.69, 9.17) is 4.74 Å². The Bertz CT molecular complexity index is 1600. The number of allylic oxidation sites excluding steroid dienone is 3. The highest BCUT2D eigenvalue weighted by atomic mass is 16.5. The number of amides is 1. The Labute approximate surface area is 233 Å². The number of nitrogens with zero attached hydrogens (tertiary/aromatic N) is 3. The molecule has 8 heteroatoms. The van der Waals surface area contributed by atoms with Gasteiger partial charge in [-0.1, -0.05) is 42.5 Å². The highest BCUT2D eigenvalue weighted by molar-refractivity contribution is 6.23. The van der Waals surface area contributed by atoms with Crippen molar-refractivity contribution in [1.29, 1.82) is 0 Å². The molecule has 1 saturated heterocycles. The van der Waals surface area contributed by atoms with Gasteiger partial charge in [-0.15, -0.1) is 0 Å². The van der Waals surface area contributed by atoms with E-state index in [0.717, 1.165) is 41.8 Å². The Kier molecular flexibility index (Phi) is 7.19. The van der Waals surface area contributed by atoms with Gasteiger partial charge in [0.2, 0.25) is 0 Å². The van der Waals surface area contributed by atoms with Crippen molar-refractivity contribution in [3.8, 4) is 0 Å². The maximum absolute atomic E-state index is 12.9. The van der Waals surface area contributed by atoms with Crippen LogP contribution in [0.1, 0.15) is 47.4 Å². The number of aromatic amines is 1. The zero-order valence-corrected chi connectivity index (χ0v) is 22.8. The van der Waals surface area contributed by atoms with Gasteiger partial charge in [-0.3, -0.25) is 19.2 Å². The standard InChI is InChI=1S/C32H33N5O3/c1-21-16-36(17-22(2)40-21)18-24-8-10-29-25(12-24)13-30(35-29)28-14-27(9-11-31(28)38)34-32(39)26-15-33-37(20-26)19-23-6-4-3-5-7-23/h3-10,12-15,20-22,35H,11,16-19H2,1-2H3,(H,34,39)/t21-,22+. The molecule has 4 aromatic rings. The smallest absolute Gasteiger partial charge is 0.258 e. The van der Waals surface area contributed by atoms with E-state index < -0.39 is 0 Å². The lowest BCUT2D eigenvalue weighted by Gasteiger charge is -2.35. The number of benzene rings is 2. The van der Waals surface area contributed by atoms with E-state index in [0.29, 0.717) is 23.4 Å². The van der Waals surface area contributed by atoms with Gasteiger partial charge in [0, 0.05) is 54.4 Å². The first-order valence-electron chi connectivity index (χ1n) is 13.7. The molecule has 6 rings (SSSR count). The van der Waals surface area contributed by atoms with Gasteiger partial charge in [-0.05, 0) is 49.2 Å². The molecule has 1 aliphatic carbocycles. The van der Waals surface area contributed by atoms with Crippen LogP contribution in [-0.4, -0.2) is 56.7 Å². The number of Topliss-reactive ketones (excluding diaryl/α,β-unsaturated/α-hetero) is 1. The molecule has 2 aromatic carbocycles. The van der Waals surface area contributed by atoms with Crippen LogP contribution in [-0.2, 0) is 22.6 Å². The summed E-state index contributed by atoms with van der Waals surface area (Å²) < 4.78 is 7.61. The van der Waals surface area contributed by atoms with Crippen LogP contribution in [0.3, 0.4) is 0 Å². The van der Waals surface area contributed by atoms with Gasteiger partial charge in [-0.2, -0.15) is 5.10 Å². The van der Waals surface area contributed by atoms with Crippen molar-refractivity contribution < 1.29 is 14.3 Å². The molecule has 1 aliphatic heterocycles. The van der Waals surface area contributed by atoms with Gasteiger partial charge in [0.25, 0.3) is 5.91 Å². The summed E-state index contributed by atoms with van der Waals surface area (Å²) >= 11 is 0. The molecule has 3 heterocycles. The lowest BCUT2D eigenvalue weighted by molar-refractivity contribution is -0.113. The van der Waals surface area contributed by atoms with E-state index in [9.17, 15) is 9.59 Å². The number of fused-ring (bicyclic) bond motifs is 1. The van der Waals surface area contributed by atoms with Crippen molar-refractivity contribution in [2.45, 2.75) is 45.6 Å². The normalized spacial score (nSPS) is 19.9. The molecule has 0 spiro atoms. The van der Waals surface area contributed by atoms with Crippen molar-refractivity contribution in [3.05, 3.63) is 107 Å². The van der Waals surface area contributed by atoms with Gasteiger partial charge < -0.3 is 15.0 Å². The Morgan fingerprint density at radius 2 is 1.85 bits per heavy atom. The van der Waals surface area contributed by atoms with Crippen LogP contribution in [0.25, 0.3) is 16.5 Å². The first kappa shape index (κ1) is 26.0. The van der Waals surface area contributed by atoms with Gasteiger partial charge in [0.15, 0.2) is 5.78 Å². The monoisotopic (exact) mass is 535 g/mol. The molecule has 2 N–H and O–H groups in total. The zero-order valence-electron chi connectivity index (χ0n) is 22.8. The number of hydrogen-bond acceptors (Lipinski definition) is 5. The summed E-state index contributed by atoms with van der Waals surface area (Å²) in [6.07, 6.45) is 7.47. The predicted molar refractivity (Wildman–Crippen MR) is 155 cm³/mol. The maximum atomic E-state index is 12.9. The second-order valence-corrected chi connectivity index (χ2v) is 10.8. The van der Waals surface area contributed by atoms with Crippen LogP contribution >= 0.6 is 0 Å². The summed E-state index contributed by atoms with van der Waals surface area (Å²) in [6, 6.07) is 18.4. The van der Waals surface area contributed by atoms with Crippen LogP contribution in [0.15, 0.2) is 84.8 Å². The molecule has 204 valence electrons. The number of morpholine rings is 1. The summed E-state index contributed by atoms with van der Waals surface area (Å²) in [7, 11) is 0. The number of ketones is 1. The summed E-state index contributed by atoms with van der Waals surface area (Å²) in [6.45, 7) is 7.50. The minimum absolute atomic E-state index is 0.0109. The van der Waals surface area contributed by atoms with Crippen molar-refractivity contribution in [2.24, 2.45) is 0 Å². The Hall–Kier alpha value is -4.27. The highest BCUT2D eigenvalue weighted by Gasteiger charge is 2.23. The number of aromatic nitrogens is 3. The molecule has 0 saturated carbocycles. The number of ether oxygens (including phenoxy) is 1. The zero-order chi connectivity index (χ0) is 27.6. The van der Waals surface area contributed by atoms with Crippen LogP contribution in [0.5, 0.6) is 0 Å². The number of H-pyrrole nitrogens is 1. The van der Waals surface area contributed by atoms with E-state index in [1.807, 2.05) is 36.4 Å². The summed E-state index contributed by atoms with van der Waals surface area (Å²) in [5.41, 5.74) is 5.68. The van der Waals surface area contributed by atoms with E-state index in [1.54, 1.807) is 29.2 Å². The van der Waals surface area contributed by atoms with Crippen LogP contribution in [0.4, 0.5) is 0 Å². The van der Waals surface area contributed by atoms with Crippen LogP contribution < -0.4 is 5.32 Å². The second kappa shape index (κ2) is 11.1. The molecule has 1 amide bonds. The van der Waals surface area contributed by atoms with Crippen molar-refractivity contribution in [3.63, 3.8) is 0 Å². The third kappa shape index (κ3) is 5.83. The fourth-order valence-electron chi connectivity index (χ4n) is 5.56. The molecule has 8 nitrogen and oxygen atoms in total. The van der Waals surface area contributed by atoms with E-state index in [2.05, 4.69) is 52.3 Å². The van der Waals surface area contributed by atoms with E-state index in [1.165, 1.54) is 5.56 Å². The second-order valence-electron chi connectivity index (χ2n) is 10.8. The number of carbonyl (C=O) groups excluding carboxylic acids is 2. The molecule has 2 atom stereocenters. The Balaban J connectivity index is 1.15. The number of hydrogen-bond donors (Lipinski definition) is 2. The number of carbonyl (C=O) groups is 2. The molecule has 0 radical (unpaired) electrons. The van der Waals surface area contributed by atoms with Crippen LogP contribution in [0, 0.1) is 0 Å². The van der Waals surface area contributed by atoms with Gasteiger partial charge in [0.1, 0.15) is 0 Å². The number of nitrogens with one attached hydrogen (secondary N) is 2. The van der Waals surface area contributed by atoms with Gasteiger partial charge >= 0.3 is 0 Å². The van der Waals surface area contributed by atoms with Crippen molar-refractivity contribution in [1.82, 2.24) is 25.0 Å². The third-order valence-corrected chi connectivity index (χ3v) is 7.33. The first-order valence-corrected chi connectivity index (χ1v) is 13.7. The fourth-order valence-corrected chi connectivity index (χ4v) is 5.56. The van der Waals surface area contributed by atoms with E-state index in [-0.39, 0.29) is 30.3 Å². The summed E-state index contributed by atoms with van der Waals surface area (Å²) in [5, 5.41) is 8.32. The minimum atomic E-state index is -0.261. The molecular weight excluding hydrogens is 502 g/mol. The molecule has 40 heavy (non-hydrogen) atoms. The highest BCUT2D eigenvalue weighted by Crippen LogP contribution is 2.27. The first-order chi connectivity index (χ1) is 19.4.